The lowest BCUT2D eigenvalue weighted by atomic mass is 10.2. The summed E-state index contributed by atoms with van der Waals surface area (Å²) in [5, 5.41) is 4.17. The van der Waals surface area contributed by atoms with E-state index in [9.17, 15) is 0 Å². The van der Waals surface area contributed by atoms with E-state index in [1.54, 1.807) is 18.2 Å². The molecule has 0 saturated heterocycles. The molecule has 0 aliphatic carbocycles. The summed E-state index contributed by atoms with van der Waals surface area (Å²) < 4.78 is 5.71. The van der Waals surface area contributed by atoms with Gasteiger partial charge in [-0.2, -0.15) is 0 Å². The van der Waals surface area contributed by atoms with Gasteiger partial charge in [0.05, 0.1) is 10.6 Å². The van der Waals surface area contributed by atoms with Crippen LogP contribution in [-0.4, -0.2) is 12.0 Å². The standard InChI is InChI=1S/C14H10Cl2N2O/c1-17-9-3-5-13-12(7-9)18-14(19-13)10-4-2-8(15)6-11(10)16/h2-7,17H,1H3. The van der Waals surface area contributed by atoms with Crippen molar-refractivity contribution in [3.05, 3.63) is 46.4 Å². The van der Waals surface area contributed by atoms with Crippen molar-refractivity contribution in [2.24, 2.45) is 0 Å². The molecule has 1 heterocycles. The van der Waals surface area contributed by atoms with Crippen LogP contribution in [0.4, 0.5) is 5.69 Å². The Morgan fingerprint density at radius 1 is 1.11 bits per heavy atom. The summed E-state index contributed by atoms with van der Waals surface area (Å²) in [4.78, 5) is 4.45. The third-order valence-corrected chi connectivity index (χ3v) is 3.39. The van der Waals surface area contributed by atoms with Gasteiger partial charge in [-0.15, -0.1) is 0 Å². The van der Waals surface area contributed by atoms with E-state index in [-0.39, 0.29) is 0 Å². The van der Waals surface area contributed by atoms with Crippen molar-refractivity contribution in [3.8, 4) is 11.5 Å². The molecule has 19 heavy (non-hydrogen) atoms. The number of rotatable bonds is 2. The maximum absolute atomic E-state index is 6.15. The lowest BCUT2D eigenvalue weighted by molar-refractivity contribution is 0.620. The second-order valence-corrected chi connectivity index (χ2v) is 4.92. The SMILES string of the molecule is CNc1ccc2oc(-c3ccc(Cl)cc3Cl)nc2c1. The van der Waals surface area contributed by atoms with Crippen LogP contribution in [0, 0.1) is 0 Å². The Morgan fingerprint density at radius 3 is 2.68 bits per heavy atom. The van der Waals surface area contributed by atoms with E-state index in [1.807, 2.05) is 25.2 Å². The van der Waals surface area contributed by atoms with E-state index in [1.165, 1.54) is 0 Å². The minimum Gasteiger partial charge on any atom is -0.436 e. The van der Waals surface area contributed by atoms with Gasteiger partial charge < -0.3 is 9.73 Å². The highest BCUT2D eigenvalue weighted by atomic mass is 35.5. The number of nitrogens with zero attached hydrogens (tertiary/aromatic N) is 1. The molecule has 3 nitrogen and oxygen atoms in total. The Hall–Kier alpha value is -1.71. The first kappa shape index (κ1) is 12.3. The Morgan fingerprint density at radius 2 is 1.95 bits per heavy atom. The van der Waals surface area contributed by atoms with Crippen LogP contribution < -0.4 is 5.32 Å². The summed E-state index contributed by atoms with van der Waals surface area (Å²) in [7, 11) is 1.86. The molecule has 96 valence electrons. The van der Waals surface area contributed by atoms with Crippen molar-refractivity contribution in [2.45, 2.75) is 0 Å². The second kappa shape index (κ2) is 4.76. The van der Waals surface area contributed by atoms with Crippen molar-refractivity contribution in [1.29, 1.82) is 0 Å². The third-order valence-electron chi connectivity index (χ3n) is 2.84. The zero-order valence-electron chi connectivity index (χ0n) is 10.1. The number of benzene rings is 2. The summed E-state index contributed by atoms with van der Waals surface area (Å²) in [6.07, 6.45) is 0. The predicted octanol–water partition coefficient (Wildman–Crippen LogP) is 4.84. The van der Waals surface area contributed by atoms with Crippen LogP contribution in [0.15, 0.2) is 40.8 Å². The number of fused-ring (bicyclic) bond motifs is 1. The van der Waals surface area contributed by atoms with Gasteiger partial charge in [0.15, 0.2) is 5.58 Å². The van der Waals surface area contributed by atoms with Crippen molar-refractivity contribution in [1.82, 2.24) is 4.98 Å². The van der Waals surface area contributed by atoms with E-state index in [0.717, 1.165) is 22.4 Å². The third kappa shape index (κ3) is 2.27. The van der Waals surface area contributed by atoms with E-state index in [4.69, 9.17) is 27.6 Å². The van der Waals surface area contributed by atoms with Crippen LogP contribution >= 0.6 is 23.2 Å². The smallest absolute Gasteiger partial charge is 0.228 e. The van der Waals surface area contributed by atoms with Gasteiger partial charge >= 0.3 is 0 Å². The van der Waals surface area contributed by atoms with E-state index in [2.05, 4.69) is 10.3 Å². The van der Waals surface area contributed by atoms with Crippen LogP contribution in [0.5, 0.6) is 0 Å². The Balaban J connectivity index is 2.14. The lowest BCUT2D eigenvalue weighted by Gasteiger charge is -1.98. The Bertz CT molecular complexity index is 752. The molecule has 1 N–H and O–H groups in total. The molecule has 0 aliphatic rings. The van der Waals surface area contributed by atoms with Gasteiger partial charge in [-0.05, 0) is 36.4 Å². The summed E-state index contributed by atoms with van der Waals surface area (Å²) in [6, 6.07) is 11.0. The van der Waals surface area contributed by atoms with Crippen LogP contribution in [-0.2, 0) is 0 Å². The molecule has 3 aromatic rings. The quantitative estimate of drug-likeness (QED) is 0.734. The highest BCUT2D eigenvalue weighted by Crippen LogP contribution is 2.32. The van der Waals surface area contributed by atoms with Gasteiger partial charge in [-0.25, -0.2) is 4.98 Å². The molecule has 3 rings (SSSR count). The molecule has 0 saturated carbocycles. The van der Waals surface area contributed by atoms with Gasteiger partial charge in [0.1, 0.15) is 5.52 Å². The maximum atomic E-state index is 6.15. The maximum Gasteiger partial charge on any atom is 0.228 e. The summed E-state index contributed by atoms with van der Waals surface area (Å²) in [6.45, 7) is 0. The largest absolute Gasteiger partial charge is 0.436 e. The molecular formula is C14H10Cl2N2O. The van der Waals surface area contributed by atoms with Gasteiger partial charge in [-0.1, -0.05) is 23.2 Å². The highest BCUT2D eigenvalue weighted by molar-refractivity contribution is 6.36. The molecule has 1 aromatic heterocycles. The normalized spacial score (nSPS) is 10.9. The second-order valence-electron chi connectivity index (χ2n) is 4.08. The van der Waals surface area contributed by atoms with E-state index >= 15 is 0 Å². The first-order valence-corrected chi connectivity index (χ1v) is 6.47. The summed E-state index contributed by atoms with van der Waals surface area (Å²) >= 11 is 12.0. The average molecular weight is 293 g/mol. The molecule has 0 aliphatic heterocycles. The first-order valence-electron chi connectivity index (χ1n) is 5.71. The fraction of sp³-hybridized carbons (Fsp3) is 0.0714. The van der Waals surface area contributed by atoms with Crippen molar-refractivity contribution in [2.75, 3.05) is 12.4 Å². The molecule has 5 heteroatoms. The van der Waals surface area contributed by atoms with E-state index < -0.39 is 0 Å². The number of hydrogen-bond donors (Lipinski definition) is 1. The number of aromatic nitrogens is 1. The number of anilines is 1. The molecule has 0 unspecified atom stereocenters. The van der Waals surface area contributed by atoms with Gasteiger partial charge in [0.2, 0.25) is 5.89 Å². The monoisotopic (exact) mass is 292 g/mol. The van der Waals surface area contributed by atoms with Gasteiger partial charge in [-0.3, -0.25) is 0 Å². The Labute approximate surface area is 120 Å². The first-order chi connectivity index (χ1) is 9.17. The van der Waals surface area contributed by atoms with Gasteiger partial charge in [0.25, 0.3) is 0 Å². The molecule has 0 atom stereocenters. The zero-order valence-corrected chi connectivity index (χ0v) is 11.6. The highest BCUT2D eigenvalue weighted by Gasteiger charge is 2.12. The molecule has 0 fully saturated rings. The van der Waals surface area contributed by atoms with Crippen molar-refractivity contribution in [3.63, 3.8) is 0 Å². The van der Waals surface area contributed by atoms with Crippen LogP contribution in [0.1, 0.15) is 0 Å². The van der Waals surface area contributed by atoms with Crippen LogP contribution in [0.2, 0.25) is 10.0 Å². The fourth-order valence-corrected chi connectivity index (χ4v) is 2.35. The van der Waals surface area contributed by atoms with Crippen molar-refractivity contribution < 1.29 is 4.42 Å². The Kier molecular flexibility index (Phi) is 3.09. The van der Waals surface area contributed by atoms with Crippen LogP contribution in [0.3, 0.4) is 0 Å². The van der Waals surface area contributed by atoms with Gasteiger partial charge in [0, 0.05) is 17.8 Å². The summed E-state index contributed by atoms with van der Waals surface area (Å²) in [5.74, 6) is 0.491. The molecule has 0 bridgehead atoms. The molecular weight excluding hydrogens is 283 g/mol. The number of oxazole rings is 1. The fourth-order valence-electron chi connectivity index (χ4n) is 1.86. The number of hydrogen-bond acceptors (Lipinski definition) is 3. The number of halogens is 2. The molecule has 0 radical (unpaired) electrons. The summed E-state index contributed by atoms with van der Waals surface area (Å²) in [5.41, 5.74) is 3.22. The minimum atomic E-state index is 0.491. The molecule has 2 aromatic carbocycles. The topological polar surface area (TPSA) is 38.1 Å². The van der Waals surface area contributed by atoms with E-state index in [0.29, 0.717) is 15.9 Å². The van der Waals surface area contributed by atoms with Crippen molar-refractivity contribution >= 4 is 40.0 Å². The predicted molar refractivity (Wildman–Crippen MR) is 79.0 cm³/mol. The minimum absolute atomic E-state index is 0.491. The van der Waals surface area contributed by atoms with Crippen LogP contribution in [0.25, 0.3) is 22.6 Å². The molecule has 0 amide bonds. The average Bonchev–Trinajstić information content (AvgIpc) is 2.80. The lowest BCUT2D eigenvalue weighted by Crippen LogP contribution is -1.86. The zero-order chi connectivity index (χ0) is 13.4. The number of nitrogens with one attached hydrogen (secondary N) is 1. The molecule has 0 spiro atoms.